The number of aromatic nitrogens is 1. The molecule has 1 aromatic carbocycles. The monoisotopic (exact) mass is 304 g/mol. The quantitative estimate of drug-likeness (QED) is 0.847. The molecule has 21 heavy (non-hydrogen) atoms. The Morgan fingerprint density at radius 2 is 1.90 bits per heavy atom. The van der Waals surface area contributed by atoms with Crippen molar-refractivity contribution in [1.29, 1.82) is 0 Å². The number of benzene rings is 1. The zero-order valence-corrected chi connectivity index (χ0v) is 14.1. The van der Waals surface area contributed by atoms with E-state index in [9.17, 15) is 0 Å². The van der Waals surface area contributed by atoms with E-state index in [0.29, 0.717) is 6.61 Å². The smallest absolute Gasteiger partial charge is 0.119 e. The Hall–Kier alpha value is -1.39. The van der Waals surface area contributed by atoms with Gasteiger partial charge < -0.3 is 10.1 Å². The summed E-state index contributed by atoms with van der Waals surface area (Å²) in [4.78, 5) is 6.06. The van der Waals surface area contributed by atoms with Crippen LogP contribution in [0.5, 0.6) is 5.75 Å². The number of nitrogens with one attached hydrogen (secondary N) is 1. The second kappa shape index (κ2) is 7.57. The van der Waals surface area contributed by atoms with Crippen molar-refractivity contribution in [3.63, 3.8) is 0 Å². The van der Waals surface area contributed by atoms with E-state index >= 15 is 0 Å². The highest BCUT2D eigenvalue weighted by atomic mass is 32.1. The predicted octanol–water partition coefficient (Wildman–Crippen LogP) is 3.66. The summed E-state index contributed by atoms with van der Waals surface area (Å²) < 4.78 is 5.87. The molecule has 0 amide bonds. The summed E-state index contributed by atoms with van der Waals surface area (Å²) in [7, 11) is 1.97. The molecule has 1 aromatic heterocycles. The molecule has 0 radical (unpaired) electrons. The van der Waals surface area contributed by atoms with E-state index in [4.69, 9.17) is 9.72 Å². The molecule has 0 saturated carbocycles. The van der Waals surface area contributed by atoms with Gasteiger partial charge >= 0.3 is 0 Å². The SMILES string of the molecule is CCc1nc(CCOc2cc(C)cc(C)c2)sc1CNC. The Morgan fingerprint density at radius 3 is 2.52 bits per heavy atom. The Kier molecular flexibility index (Phi) is 5.76. The molecule has 0 saturated heterocycles. The van der Waals surface area contributed by atoms with Crippen molar-refractivity contribution in [2.75, 3.05) is 13.7 Å². The van der Waals surface area contributed by atoms with Crippen LogP contribution in [0.4, 0.5) is 0 Å². The molecule has 1 N–H and O–H groups in total. The summed E-state index contributed by atoms with van der Waals surface area (Å²) in [6.45, 7) is 7.93. The number of thiazole rings is 1. The molecule has 0 fully saturated rings. The fourth-order valence-corrected chi connectivity index (χ4v) is 3.54. The van der Waals surface area contributed by atoms with Crippen molar-refractivity contribution in [3.8, 4) is 5.75 Å². The summed E-state index contributed by atoms with van der Waals surface area (Å²) in [5.74, 6) is 0.954. The molecule has 0 spiro atoms. The molecule has 0 aliphatic heterocycles. The molecular weight excluding hydrogens is 280 g/mol. The second-order valence-electron chi connectivity index (χ2n) is 5.28. The summed E-state index contributed by atoms with van der Waals surface area (Å²) in [6, 6.07) is 6.32. The van der Waals surface area contributed by atoms with E-state index in [1.807, 2.05) is 7.05 Å². The van der Waals surface area contributed by atoms with E-state index < -0.39 is 0 Å². The van der Waals surface area contributed by atoms with Crippen LogP contribution in [-0.4, -0.2) is 18.6 Å². The van der Waals surface area contributed by atoms with Gasteiger partial charge in [-0.15, -0.1) is 11.3 Å². The van der Waals surface area contributed by atoms with Crippen LogP contribution in [0.15, 0.2) is 18.2 Å². The minimum Gasteiger partial charge on any atom is -0.493 e. The number of ether oxygens (including phenoxy) is 1. The third kappa shape index (κ3) is 4.55. The van der Waals surface area contributed by atoms with Crippen LogP contribution in [0.25, 0.3) is 0 Å². The molecule has 114 valence electrons. The lowest BCUT2D eigenvalue weighted by atomic mass is 10.1. The van der Waals surface area contributed by atoms with Crippen molar-refractivity contribution in [2.45, 2.75) is 40.2 Å². The highest BCUT2D eigenvalue weighted by Crippen LogP contribution is 2.21. The molecule has 4 heteroatoms. The molecule has 1 heterocycles. The van der Waals surface area contributed by atoms with E-state index in [-0.39, 0.29) is 0 Å². The lowest BCUT2D eigenvalue weighted by Gasteiger charge is -2.07. The van der Waals surface area contributed by atoms with Gasteiger partial charge in [0.15, 0.2) is 0 Å². The predicted molar refractivity (Wildman–Crippen MR) is 89.4 cm³/mol. The van der Waals surface area contributed by atoms with Crippen molar-refractivity contribution >= 4 is 11.3 Å². The normalized spacial score (nSPS) is 10.9. The third-order valence-corrected chi connectivity index (χ3v) is 4.43. The third-order valence-electron chi connectivity index (χ3n) is 3.27. The van der Waals surface area contributed by atoms with E-state index in [0.717, 1.165) is 25.1 Å². The Bertz CT molecular complexity index is 572. The molecule has 0 aliphatic rings. The standard InChI is InChI=1S/C17H24N2OS/c1-5-15-16(11-18-4)21-17(19-15)6-7-20-14-9-12(2)8-13(3)10-14/h8-10,18H,5-7,11H2,1-4H3. The first-order chi connectivity index (χ1) is 10.1. The minimum atomic E-state index is 0.679. The lowest BCUT2D eigenvalue weighted by molar-refractivity contribution is 0.321. The fourth-order valence-electron chi connectivity index (χ4n) is 2.39. The minimum absolute atomic E-state index is 0.679. The molecular formula is C17H24N2OS. The van der Waals surface area contributed by atoms with Gasteiger partial charge in [-0.25, -0.2) is 4.98 Å². The maximum atomic E-state index is 5.87. The van der Waals surface area contributed by atoms with Gasteiger partial charge in [0.05, 0.1) is 17.3 Å². The zero-order valence-electron chi connectivity index (χ0n) is 13.3. The largest absolute Gasteiger partial charge is 0.493 e. The van der Waals surface area contributed by atoms with Gasteiger partial charge in [-0.3, -0.25) is 0 Å². The first-order valence-electron chi connectivity index (χ1n) is 7.45. The first kappa shape index (κ1) is 16.0. The molecule has 3 nitrogen and oxygen atoms in total. The highest BCUT2D eigenvalue weighted by molar-refractivity contribution is 7.11. The summed E-state index contributed by atoms with van der Waals surface area (Å²) in [5, 5.41) is 4.37. The van der Waals surface area contributed by atoms with Gasteiger partial charge in [0, 0.05) is 17.8 Å². The van der Waals surface area contributed by atoms with Crippen LogP contribution in [0.1, 0.15) is 33.6 Å². The topological polar surface area (TPSA) is 34.1 Å². The van der Waals surface area contributed by atoms with Gasteiger partial charge in [0.2, 0.25) is 0 Å². The van der Waals surface area contributed by atoms with Gasteiger partial charge in [-0.05, 0) is 50.6 Å². The fraction of sp³-hybridized carbons (Fsp3) is 0.471. The number of rotatable bonds is 7. The second-order valence-corrected chi connectivity index (χ2v) is 6.45. The van der Waals surface area contributed by atoms with Crippen molar-refractivity contribution in [2.24, 2.45) is 0 Å². The van der Waals surface area contributed by atoms with Crippen molar-refractivity contribution in [1.82, 2.24) is 10.3 Å². The number of nitrogens with zero attached hydrogens (tertiary/aromatic N) is 1. The molecule has 0 bridgehead atoms. The van der Waals surface area contributed by atoms with Gasteiger partial charge in [-0.2, -0.15) is 0 Å². The van der Waals surface area contributed by atoms with Crippen LogP contribution in [0.2, 0.25) is 0 Å². The average molecular weight is 304 g/mol. The number of aryl methyl sites for hydroxylation is 3. The Balaban J connectivity index is 1.93. The van der Waals surface area contributed by atoms with Crippen LogP contribution in [0.3, 0.4) is 0 Å². The van der Waals surface area contributed by atoms with E-state index in [2.05, 4.69) is 44.3 Å². The lowest BCUT2D eigenvalue weighted by Crippen LogP contribution is -2.05. The average Bonchev–Trinajstić information content (AvgIpc) is 2.80. The summed E-state index contributed by atoms with van der Waals surface area (Å²) >= 11 is 1.80. The van der Waals surface area contributed by atoms with Gasteiger partial charge in [-0.1, -0.05) is 13.0 Å². The van der Waals surface area contributed by atoms with Crippen LogP contribution >= 0.6 is 11.3 Å². The highest BCUT2D eigenvalue weighted by Gasteiger charge is 2.09. The molecule has 0 unspecified atom stereocenters. The van der Waals surface area contributed by atoms with Crippen molar-refractivity contribution < 1.29 is 4.74 Å². The van der Waals surface area contributed by atoms with E-state index in [1.165, 1.54) is 26.7 Å². The molecule has 0 atom stereocenters. The molecule has 0 aliphatic carbocycles. The van der Waals surface area contributed by atoms with Crippen LogP contribution < -0.4 is 10.1 Å². The van der Waals surface area contributed by atoms with Crippen LogP contribution in [-0.2, 0) is 19.4 Å². The zero-order chi connectivity index (χ0) is 15.2. The first-order valence-corrected chi connectivity index (χ1v) is 8.27. The maximum absolute atomic E-state index is 5.87. The Morgan fingerprint density at radius 1 is 1.19 bits per heavy atom. The van der Waals surface area contributed by atoms with Gasteiger partial charge in [0.25, 0.3) is 0 Å². The summed E-state index contributed by atoms with van der Waals surface area (Å²) in [6.07, 6.45) is 1.86. The van der Waals surface area contributed by atoms with E-state index in [1.54, 1.807) is 11.3 Å². The van der Waals surface area contributed by atoms with Crippen molar-refractivity contribution in [3.05, 3.63) is 44.9 Å². The van der Waals surface area contributed by atoms with Crippen LogP contribution in [0, 0.1) is 13.8 Å². The maximum Gasteiger partial charge on any atom is 0.119 e. The summed E-state index contributed by atoms with van der Waals surface area (Å²) in [5.41, 5.74) is 3.70. The Labute approximate surface area is 131 Å². The number of hydrogen-bond acceptors (Lipinski definition) is 4. The molecule has 2 rings (SSSR count). The molecule has 2 aromatic rings. The van der Waals surface area contributed by atoms with Gasteiger partial charge in [0.1, 0.15) is 5.75 Å². The number of hydrogen-bond donors (Lipinski definition) is 1.